The quantitative estimate of drug-likeness (QED) is 0.713. The van der Waals surface area contributed by atoms with Gasteiger partial charge >= 0.3 is 0 Å². The summed E-state index contributed by atoms with van der Waals surface area (Å²) < 4.78 is 10.6. The summed E-state index contributed by atoms with van der Waals surface area (Å²) in [5.41, 5.74) is 2.74. The molecule has 1 unspecified atom stereocenters. The lowest BCUT2D eigenvalue weighted by molar-refractivity contribution is 0.146. The Morgan fingerprint density at radius 2 is 2.17 bits per heavy atom. The van der Waals surface area contributed by atoms with Crippen molar-refractivity contribution >= 4 is 6.08 Å². The molecule has 1 aliphatic rings. The zero-order valence-electron chi connectivity index (χ0n) is 11.3. The summed E-state index contributed by atoms with van der Waals surface area (Å²) in [5.74, 6) is 1.65. The molecule has 0 aliphatic heterocycles. The second kappa shape index (κ2) is 6.60. The van der Waals surface area contributed by atoms with Crippen molar-refractivity contribution in [3.05, 3.63) is 35.4 Å². The van der Waals surface area contributed by atoms with E-state index in [1.54, 1.807) is 7.11 Å². The molecule has 0 bridgehead atoms. The minimum Gasteiger partial charge on any atom is -0.491 e. The lowest BCUT2D eigenvalue weighted by Gasteiger charge is -2.19. The SMILES string of the molecule is CCCC1C=Cc2cc(OCCOC)ccc2C1. The zero-order chi connectivity index (χ0) is 12.8. The summed E-state index contributed by atoms with van der Waals surface area (Å²) >= 11 is 0. The first-order chi connectivity index (χ1) is 8.83. The lowest BCUT2D eigenvalue weighted by Crippen LogP contribution is -2.08. The van der Waals surface area contributed by atoms with E-state index in [0.717, 1.165) is 12.2 Å². The number of fused-ring (bicyclic) bond motifs is 1. The third kappa shape index (κ3) is 3.36. The van der Waals surface area contributed by atoms with E-state index in [-0.39, 0.29) is 0 Å². The maximum Gasteiger partial charge on any atom is 0.120 e. The number of hydrogen-bond acceptors (Lipinski definition) is 2. The van der Waals surface area contributed by atoms with Gasteiger partial charge in [-0.05, 0) is 42.0 Å². The van der Waals surface area contributed by atoms with Crippen LogP contribution < -0.4 is 4.74 Å². The van der Waals surface area contributed by atoms with Gasteiger partial charge in [0, 0.05) is 7.11 Å². The van der Waals surface area contributed by atoms with Crippen molar-refractivity contribution in [3.63, 3.8) is 0 Å². The molecule has 98 valence electrons. The van der Waals surface area contributed by atoms with Gasteiger partial charge in [-0.15, -0.1) is 0 Å². The predicted molar refractivity (Wildman–Crippen MR) is 74.9 cm³/mol. The van der Waals surface area contributed by atoms with Crippen LogP contribution in [0.15, 0.2) is 24.3 Å². The summed E-state index contributed by atoms with van der Waals surface area (Å²) in [7, 11) is 1.69. The van der Waals surface area contributed by atoms with Gasteiger partial charge in [0.2, 0.25) is 0 Å². The molecule has 18 heavy (non-hydrogen) atoms. The average Bonchev–Trinajstić information content (AvgIpc) is 2.39. The van der Waals surface area contributed by atoms with Crippen LogP contribution in [0.3, 0.4) is 0 Å². The molecule has 1 aromatic carbocycles. The molecule has 2 heteroatoms. The van der Waals surface area contributed by atoms with Crippen molar-refractivity contribution in [1.82, 2.24) is 0 Å². The number of ether oxygens (including phenoxy) is 2. The van der Waals surface area contributed by atoms with Crippen molar-refractivity contribution in [1.29, 1.82) is 0 Å². The summed E-state index contributed by atoms with van der Waals surface area (Å²) in [6.07, 6.45) is 8.27. The van der Waals surface area contributed by atoms with E-state index < -0.39 is 0 Å². The third-order valence-electron chi connectivity index (χ3n) is 3.36. The number of benzene rings is 1. The highest BCUT2D eigenvalue weighted by Gasteiger charge is 2.13. The molecule has 1 aliphatic carbocycles. The normalized spacial score (nSPS) is 17.6. The van der Waals surface area contributed by atoms with Crippen LogP contribution in [0.1, 0.15) is 30.9 Å². The molecule has 0 amide bonds. The first-order valence-electron chi connectivity index (χ1n) is 6.76. The highest BCUT2D eigenvalue weighted by Crippen LogP contribution is 2.28. The smallest absolute Gasteiger partial charge is 0.120 e. The molecule has 0 saturated carbocycles. The van der Waals surface area contributed by atoms with Crippen LogP contribution in [0, 0.1) is 5.92 Å². The molecule has 2 nitrogen and oxygen atoms in total. The van der Waals surface area contributed by atoms with Gasteiger partial charge in [-0.25, -0.2) is 0 Å². The fraction of sp³-hybridized carbons (Fsp3) is 0.500. The van der Waals surface area contributed by atoms with Crippen molar-refractivity contribution in [3.8, 4) is 5.75 Å². The minimum atomic E-state index is 0.609. The number of allylic oxidation sites excluding steroid dienone is 1. The van der Waals surface area contributed by atoms with Crippen LogP contribution in [0.5, 0.6) is 5.75 Å². The first-order valence-corrected chi connectivity index (χ1v) is 6.76. The molecule has 1 aromatic rings. The molecule has 0 saturated heterocycles. The van der Waals surface area contributed by atoms with Gasteiger partial charge in [-0.1, -0.05) is 31.6 Å². The Hall–Kier alpha value is -1.28. The fourth-order valence-electron chi connectivity index (χ4n) is 2.41. The van der Waals surface area contributed by atoms with Crippen LogP contribution in [-0.2, 0) is 11.2 Å². The van der Waals surface area contributed by atoms with Gasteiger partial charge in [-0.3, -0.25) is 0 Å². The number of rotatable bonds is 6. The average molecular weight is 246 g/mol. The molecule has 0 radical (unpaired) electrons. The Kier molecular flexibility index (Phi) is 4.82. The Labute approximate surface area is 110 Å². The van der Waals surface area contributed by atoms with Crippen LogP contribution >= 0.6 is 0 Å². The largest absolute Gasteiger partial charge is 0.491 e. The van der Waals surface area contributed by atoms with E-state index in [9.17, 15) is 0 Å². The van der Waals surface area contributed by atoms with E-state index in [4.69, 9.17) is 9.47 Å². The lowest BCUT2D eigenvalue weighted by atomic mass is 9.87. The Morgan fingerprint density at radius 3 is 2.94 bits per heavy atom. The van der Waals surface area contributed by atoms with Crippen LogP contribution in [-0.4, -0.2) is 20.3 Å². The minimum absolute atomic E-state index is 0.609. The zero-order valence-corrected chi connectivity index (χ0v) is 11.3. The first kappa shape index (κ1) is 13.2. The molecule has 0 N–H and O–H groups in total. The molecular weight excluding hydrogens is 224 g/mol. The van der Waals surface area contributed by atoms with E-state index in [1.165, 1.54) is 24.0 Å². The van der Waals surface area contributed by atoms with Crippen molar-refractivity contribution in [2.45, 2.75) is 26.2 Å². The van der Waals surface area contributed by atoms with Gasteiger partial charge < -0.3 is 9.47 Å². The maximum atomic E-state index is 5.63. The van der Waals surface area contributed by atoms with E-state index in [0.29, 0.717) is 19.1 Å². The summed E-state index contributed by atoms with van der Waals surface area (Å²) in [6, 6.07) is 6.39. The molecule has 1 atom stereocenters. The molecule has 0 aromatic heterocycles. The molecule has 2 rings (SSSR count). The maximum absolute atomic E-state index is 5.63. The summed E-state index contributed by atoms with van der Waals surface area (Å²) in [4.78, 5) is 0. The van der Waals surface area contributed by atoms with E-state index >= 15 is 0 Å². The van der Waals surface area contributed by atoms with Crippen molar-refractivity contribution in [2.75, 3.05) is 20.3 Å². The van der Waals surface area contributed by atoms with Gasteiger partial charge in [-0.2, -0.15) is 0 Å². The van der Waals surface area contributed by atoms with Gasteiger partial charge in [0.15, 0.2) is 0 Å². The van der Waals surface area contributed by atoms with Crippen molar-refractivity contribution in [2.24, 2.45) is 5.92 Å². The fourth-order valence-corrected chi connectivity index (χ4v) is 2.41. The highest BCUT2D eigenvalue weighted by atomic mass is 16.5. The predicted octanol–water partition coefficient (Wildman–Crippen LogP) is 3.70. The van der Waals surface area contributed by atoms with Gasteiger partial charge in [0.05, 0.1) is 6.61 Å². The standard InChI is InChI=1S/C16H22O2/c1-3-4-13-5-6-15-12-16(18-10-9-17-2)8-7-14(15)11-13/h5-8,12-13H,3-4,9-11H2,1-2H3. The number of hydrogen-bond donors (Lipinski definition) is 0. The Bertz CT molecular complexity index is 410. The monoisotopic (exact) mass is 246 g/mol. The molecule has 0 heterocycles. The molecular formula is C16H22O2. The third-order valence-corrected chi connectivity index (χ3v) is 3.36. The van der Waals surface area contributed by atoms with Gasteiger partial charge in [0.1, 0.15) is 12.4 Å². The molecule has 0 fully saturated rings. The van der Waals surface area contributed by atoms with Crippen LogP contribution in [0.4, 0.5) is 0 Å². The van der Waals surface area contributed by atoms with Crippen LogP contribution in [0.2, 0.25) is 0 Å². The second-order valence-corrected chi connectivity index (χ2v) is 4.81. The topological polar surface area (TPSA) is 18.5 Å². The van der Waals surface area contributed by atoms with E-state index in [2.05, 4.69) is 37.3 Å². The van der Waals surface area contributed by atoms with Crippen molar-refractivity contribution < 1.29 is 9.47 Å². The van der Waals surface area contributed by atoms with E-state index in [1.807, 2.05) is 0 Å². The Morgan fingerprint density at radius 1 is 1.28 bits per heavy atom. The Balaban J connectivity index is 2.01. The molecule has 0 spiro atoms. The summed E-state index contributed by atoms with van der Waals surface area (Å²) in [6.45, 7) is 3.49. The van der Waals surface area contributed by atoms with Gasteiger partial charge in [0.25, 0.3) is 0 Å². The highest BCUT2D eigenvalue weighted by molar-refractivity contribution is 5.59. The number of methoxy groups -OCH3 is 1. The summed E-state index contributed by atoms with van der Waals surface area (Å²) in [5, 5.41) is 0. The second-order valence-electron chi connectivity index (χ2n) is 4.81. The van der Waals surface area contributed by atoms with Crippen LogP contribution in [0.25, 0.3) is 6.08 Å².